The number of benzene rings is 3. The molecule has 1 fully saturated rings. The van der Waals surface area contributed by atoms with Crippen molar-refractivity contribution in [2.24, 2.45) is 5.92 Å². The van der Waals surface area contributed by atoms with Gasteiger partial charge in [-0.05, 0) is 66.2 Å². The maximum atomic E-state index is 13.0. The molecule has 0 bridgehead atoms. The first-order valence-electron chi connectivity index (χ1n) is 11.2. The Morgan fingerprint density at radius 3 is 2.08 bits per heavy atom. The van der Waals surface area contributed by atoms with E-state index in [1.165, 1.54) is 19.2 Å². The number of carbonyl (C=O) groups is 3. The van der Waals surface area contributed by atoms with Crippen LogP contribution in [0.2, 0.25) is 15.1 Å². The van der Waals surface area contributed by atoms with E-state index >= 15 is 0 Å². The van der Waals surface area contributed by atoms with E-state index in [2.05, 4.69) is 20.7 Å². The molecule has 3 aromatic carbocycles. The second-order valence-electron chi connectivity index (χ2n) is 8.48. The molecule has 12 heteroatoms. The van der Waals surface area contributed by atoms with Crippen LogP contribution in [0.5, 0.6) is 0 Å². The molecule has 198 valence electrons. The highest BCUT2D eigenvalue weighted by atomic mass is 35.5. The molecule has 0 aliphatic heterocycles. The fraction of sp³-hybridized carbons (Fsp3) is 0.192. The van der Waals surface area contributed by atoms with Crippen molar-refractivity contribution in [2.45, 2.75) is 10.3 Å². The molecule has 38 heavy (non-hydrogen) atoms. The van der Waals surface area contributed by atoms with Crippen molar-refractivity contribution in [1.29, 1.82) is 0 Å². The van der Waals surface area contributed by atoms with E-state index in [4.69, 9.17) is 58.0 Å². The Morgan fingerprint density at radius 2 is 1.45 bits per heavy atom. The molecule has 2 unspecified atom stereocenters. The molecular formula is C26H20Cl5N3O4. The van der Waals surface area contributed by atoms with Crippen molar-refractivity contribution < 1.29 is 19.1 Å². The van der Waals surface area contributed by atoms with Crippen LogP contribution in [-0.2, 0) is 14.3 Å². The largest absolute Gasteiger partial charge is 0.468 e. The Bertz CT molecular complexity index is 1380. The molecule has 4 rings (SSSR count). The Kier molecular flexibility index (Phi) is 8.65. The second kappa shape index (κ2) is 11.6. The topological polar surface area (TPSA) is 96.5 Å². The standard InChI is InChI=1S/C26H20Cl5N3O4/c1-38-21(35)12-32-16-2-4-17(5-3-16)33-24(36)19-11-18(6-7-20(19)29)34-25(37)23-22(26(23,30)31)13-8-14(27)10-15(28)9-13/h2-11,22-23,32H,12H2,1H3,(H,33,36)(H,34,37). The fourth-order valence-electron chi connectivity index (χ4n) is 3.94. The summed E-state index contributed by atoms with van der Waals surface area (Å²) >= 11 is 31.3. The molecule has 2 amide bonds. The normalized spacial score (nSPS) is 17.3. The van der Waals surface area contributed by atoms with Crippen LogP contribution in [0.15, 0.2) is 60.7 Å². The molecule has 0 heterocycles. The van der Waals surface area contributed by atoms with Crippen LogP contribution in [-0.4, -0.2) is 35.8 Å². The maximum absolute atomic E-state index is 13.0. The molecular weight excluding hydrogens is 596 g/mol. The molecule has 1 aliphatic rings. The van der Waals surface area contributed by atoms with Crippen LogP contribution in [0.3, 0.4) is 0 Å². The van der Waals surface area contributed by atoms with E-state index in [1.807, 2.05) is 0 Å². The minimum Gasteiger partial charge on any atom is -0.468 e. The number of alkyl halides is 2. The summed E-state index contributed by atoms with van der Waals surface area (Å²) in [6, 6.07) is 16.1. The van der Waals surface area contributed by atoms with Gasteiger partial charge in [0.2, 0.25) is 5.91 Å². The van der Waals surface area contributed by atoms with Crippen LogP contribution in [0.1, 0.15) is 21.8 Å². The zero-order valence-electron chi connectivity index (χ0n) is 19.7. The number of hydrogen-bond acceptors (Lipinski definition) is 5. The van der Waals surface area contributed by atoms with Crippen molar-refractivity contribution in [1.82, 2.24) is 0 Å². The highest BCUT2D eigenvalue weighted by Gasteiger charge is 2.67. The summed E-state index contributed by atoms with van der Waals surface area (Å²) in [4.78, 5) is 37.2. The number of esters is 1. The summed E-state index contributed by atoms with van der Waals surface area (Å²) in [5, 5.41) is 9.40. The van der Waals surface area contributed by atoms with Crippen molar-refractivity contribution in [3.63, 3.8) is 0 Å². The first-order valence-corrected chi connectivity index (χ1v) is 13.0. The number of halogens is 5. The van der Waals surface area contributed by atoms with E-state index in [9.17, 15) is 14.4 Å². The van der Waals surface area contributed by atoms with Gasteiger partial charge in [-0.15, -0.1) is 23.2 Å². The first kappa shape index (κ1) is 28.3. The summed E-state index contributed by atoms with van der Waals surface area (Å²) in [6.45, 7) is 0.0132. The van der Waals surface area contributed by atoms with Gasteiger partial charge < -0.3 is 20.7 Å². The third kappa shape index (κ3) is 6.47. The molecule has 3 N–H and O–H groups in total. The highest BCUT2D eigenvalue weighted by Crippen LogP contribution is 2.65. The number of hydrogen-bond donors (Lipinski definition) is 3. The number of anilines is 3. The predicted molar refractivity (Wildman–Crippen MR) is 152 cm³/mol. The summed E-state index contributed by atoms with van der Waals surface area (Å²) in [6.07, 6.45) is 0. The molecule has 1 saturated carbocycles. The Morgan fingerprint density at radius 1 is 0.842 bits per heavy atom. The number of nitrogens with one attached hydrogen (secondary N) is 3. The minimum atomic E-state index is -1.34. The highest BCUT2D eigenvalue weighted by molar-refractivity contribution is 6.53. The summed E-state index contributed by atoms with van der Waals surface area (Å²) < 4.78 is 3.24. The monoisotopic (exact) mass is 613 g/mol. The lowest BCUT2D eigenvalue weighted by Gasteiger charge is -2.11. The smallest absolute Gasteiger partial charge is 0.325 e. The average molecular weight is 616 g/mol. The maximum Gasteiger partial charge on any atom is 0.325 e. The van der Waals surface area contributed by atoms with E-state index in [1.54, 1.807) is 48.5 Å². The minimum absolute atomic E-state index is 0.0132. The number of rotatable bonds is 8. The second-order valence-corrected chi connectivity index (χ2v) is 11.2. The van der Waals surface area contributed by atoms with Gasteiger partial charge in [-0.25, -0.2) is 0 Å². The quantitative estimate of drug-likeness (QED) is 0.187. The molecule has 0 aromatic heterocycles. The molecule has 0 radical (unpaired) electrons. The molecule has 7 nitrogen and oxygen atoms in total. The Hall–Kier alpha value is -2.68. The zero-order valence-corrected chi connectivity index (χ0v) is 23.4. The lowest BCUT2D eigenvalue weighted by Crippen LogP contribution is -2.18. The lowest BCUT2D eigenvalue weighted by atomic mass is 10.1. The van der Waals surface area contributed by atoms with Crippen molar-refractivity contribution in [3.05, 3.63) is 86.9 Å². The Labute approximate surface area is 243 Å². The van der Waals surface area contributed by atoms with Gasteiger partial charge in [0, 0.05) is 33.0 Å². The van der Waals surface area contributed by atoms with Crippen molar-refractivity contribution in [3.8, 4) is 0 Å². The van der Waals surface area contributed by atoms with Gasteiger partial charge in [0.25, 0.3) is 5.91 Å². The van der Waals surface area contributed by atoms with Gasteiger partial charge in [-0.2, -0.15) is 0 Å². The van der Waals surface area contributed by atoms with Gasteiger partial charge in [-0.3, -0.25) is 14.4 Å². The van der Waals surface area contributed by atoms with Gasteiger partial charge in [0.1, 0.15) is 10.9 Å². The molecule has 0 saturated heterocycles. The molecule has 1 aliphatic carbocycles. The number of carbonyl (C=O) groups excluding carboxylic acids is 3. The van der Waals surface area contributed by atoms with Crippen LogP contribution in [0, 0.1) is 5.92 Å². The van der Waals surface area contributed by atoms with Gasteiger partial charge in [0.15, 0.2) is 0 Å². The molecule has 2 atom stereocenters. The summed E-state index contributed by atoms with van der Waals surface area (Å²) in [7, 11) is 1.30. The van der Waals surface area contributed by atoms with Gasteiger partial charge >= 0.3 is 5.97 Å². The van der Waals surface area contributed by atoms with E-state index < -0.39 is 34.0 Å². The van der Waals surface area contributed by atoms with Crippen molar-refractivity contribution >= 4 is 92.9 Å². The lowest BCUT2D eigenvalue weighted by molar-refractivity contribution is -0.138. The number of methoxy groups -OCH3 is 1. The first-order chi connectivity index (χ1) is 18.0. The van der Waals surface area contributed by atoms with Crippen LogP contribution in [0.25, 0.3) is 0 Å². The van der Waals surface area contributed by atoms with Gasteiger partial charge in [-0.1, -0.05) is 34.8 Å². The van der Waals surface area contributed by atoms with E-state index in [-0.39, 0.29) is 17.1 Å². The zero-order chi connectivity index (χ0) is 27.6. The average Bonchev–Trinajstić information content (AvgIpc) is 3.45. The number of ether oxygens (including phenoxy) is 1. The fourth-order valence-corrected chi connectivity index (χ4v) is 5.51. The third-order valence-electron chi connectivity index (χ3n) is 5.87. The Balaban J connectivity index is 1.43. The van der Waals surface area contributed by atoms with Crippen LogP contribution in [0.4, 0.5) is 17.1 Å². The number of amides is 2. The summed E-state index contributed by atoms with van der Waals surface area (Å²) in [5.74, 6) is -2.59. The van der Waals surface area contributed by atoms with E-state index in [0.29, 0.717) is 32.7 Å². The van der Waals surface area contributed by atoms with Gasteiger partial charge in [0.05, 0.1) is 23.6 Å². The predicted octanol–water partition coefficient (Wildman–Crippen LogP) is 7.01. The SMILES string of the molecule is COC(=O)CNc1ccc(NC(=O)c2cc(NC(=O)C3C(c4cc(Cl)cc(Cl)c4)C3(Cl)Cl)ccc2Cl)cc1. The van der Waals surface area contributed by atoms with Crippen LogP contribution < -0.4 is 16.0 Å². The third-order valence-corrected chi connectivity index (χ3v) is 7.57. The van der Waals surface area contributed by atoms with Crippen molar-refractivity contribution in [2.75, 3.05) is 29.6 Å². The van der Waals surface area contributed by atoms with Crippen LogP contribution >= 0.6 is 58.0 Å². The summed E-state index contributed by atoms with van der Waals surface area (Å²) in [5.41, 5.74) is 2.30. The molecule has 0 spiro atoms. The molecule has 3 aromatic rings. The van der Waals surface area contributed by atoms with E-state index in [0.717, 1.165) is 0 Å².